The minimum absolute atomic E-state index is 0.843. The largest absolute Gasteiger partial charge is 0.494 e. The third-order valence-corrected chi connectivity index (χ3v) is 5.24. The summed E-state index contributed by atoms with van der Waals surface area (Å²) in [5.74, 6) is 1.00. The summed E-state index contributed by atoms with van der Waals surface area (Å²) in [6.45, 7) is 3.13. The van der Waals surface area contributed by atoms with E-state index in [1.54, 1.807) is 0 Å². The molecule has 0 fully saturated rings. The Morgan fingerprint density at radius 1 is 0.577 bits per heavy atom. The maximum atomic E-state index is 5.91. The maximum absolute atomic E-state index is 5.91. The lowest BCUT2D eigenvalue weighted by atomic mass is 10.0. The molecule has 0 aromatic heterocycles. The zero-order chi connectivity index (χ0) is 18.3. The Kier molecular flexibility index (Phi) is 10.9. The molecule has 0 unspecified atom stereocenters. The quantitative estimate of drug-likeness (QED) is 0.292. The first-order valence-corrected chi connectivity index (χ1v) is 11.0. The van der Waals surface area contributed by atoms with Gasteiger partial charge in [-0.25, -0.2) is 0 Å². The van der Waals surface area contributed by atoms with Crippen LogP contribution in [0.3, 0.4) is 0 Å². The predicted molar refractivity (Wildman–Crippen MR) is 115 cm³/mol. The maximum Gasteiger partial charge on any atom is 0.119 e. The van der Waals surface area contributed by atoms with E-state index in [1.807, 2.05) is 0 Å². The first-order valence-electron chi connectivity index (χ1n) is 11.0. The molecule has 1 nitrogen and oxygen atoms in total. The molecule has 0 spiro atoms. The third-order valence-electron chi connectivity index (χ3n) is 5.24. The molecule has 0 saturated carbocycles. The molecule has 2 aromatic carbocycles. The number of hydrogen-bond acceptors (Lipinski definition) is 1. The standard InChI is InChI=1S/C25H38O/c1-2-3-4-5-6-7-8-9-10-11-12-13-16-21-26-25-20-19-23-17-14-15-18-24(23)22-25/h14-15,17-20,22H,2-13,16,21H2,1H3. The number of ether oxygens (including phenoxy) is 1. The molecule has 0 aliphatic rings. The van der Waals surface area contributed by atoms with E-state index in [2.05, 4.69) is 49.4 Å². The lowest BCUT2D eigenvalue weighted by Crippen LogP contribution is -1.97. The highest BCUT2D eigenvalue weighted by atomic mass is 16.5. The van der Waals surface area contributed by atoms with Crippen molar-refractivity contribution < 1.29 is 4.74 Å². The van der Waals surface area contributed by atoms with Crippen molar-refractivity contribution in [1.29, 1.82) is 0 Å². The molecule has 0 bridgehead atoms. The Labute approximate surface area is 161 Å². The number of hydrogen-bond donors (Lipinski definition) is 0. The van der Waals surface area contributed by atoms with E-state index in [9.17, 15) is 0 Å². The molecule has 144 valence electrons. The van der Waals surface area contributed by atoms with Crippen molar-refractivity contribution in [2.75, 3.05) is 6.61 Å². The Bertz CT molecular complexity index is 589. The molecule has 2 rings (SSSR count). The zero-order valence-corrected chi connectivity index (χ0v) is 16.8. The van der Waals surface area contributed by atoms with E-state index >= 15 is 0 Å². The molecular weight excluding hydrogens is 316 g/mol. The van der Waals surface area contributed by atoms with Gasteiger partial charge in [0.25, 0.3) is 0 Å². The summed E-state index contributed by atoms with van der Waals surface area (Å²) in [5.41, 5.74) is 0. The van der Waals surface area contributed by atoms with Crippen molar-refractivity contribution in [3.8, 4) is 5.75 Å². The molecule has 0 aliphatic heterocycles. The van der Waals surface area contributed by atoms with Gasteiger partial charge in [0.2, 0.25) is 0 Å². The average Bonchev–Trinajstić information content (AvgIpc) is 2.68. The fourth-order valence-electron chi connectivity index (χ4n) is 3.57. The number of fused-ring (bicyclic) bond motifs is 1. The summed E-state index contributed by atoms with van der Waals surface area (Å²) in [6, 6.07) is 14.8. The molecule has 26 heavy (non-hydrogen) atoms. The fourth-order valence-corrected chi connectivity index (χ4v) is 3.57. The van der Waals surface area contributed by atoms with Crippen molar-refractivity contribution >= 4 is 10.8 Å². The fraction of sp³-hybridized carbons (Fsp3) is 0.600. The molecule has 0 N–H and O–H groups in total. The second kappa shape index (κ2) is 13.7. The van der Waals surface area contributed by atoms with Gasteiger partial charge in [0.15, 0.2) is 0 Å². The van der Waals surface area contributed by atoms with Gasteiger partial charge in [0.05, 0.1) is 6.61 Å². The van der Waals surface area contributed by atoms with Crippen molar-refractivity contribution in [3.05, 3.63) is 42.5 Å². The Hall–Kier alpha value is -1.50. The molecule has 2 aromatic rings. The monoisotopic (exact) mass is 354 g/mol. The van der Waals surface area contributed by atoms with E-state index < -0.39 is 0 Å². The van der Waals surface area contributed by atoms with Crippen LogP contribution >= 0.6 is 0 Å². The first-order chi connectivity index (χ1) is 12.9. The molecular formula is C25H38O. The summed E-state index contributed by atoms with van der Waals surface area (Å²) < 4.78 is 5.91. The predicted octanol–water partition coefficient (Wildman–Crippen LogP) is 8.31. The van der Waals surface area contributed by atoms with E-state index in [4.69, 9.17) is 4.74 Å². The lowest BCUT2D eigenvalue weighted by Gasteiger charge is -2.07. The van der Waals surface area contributed by atoms with Gasteiger partial charge in [-0.3, -0.25) is 0 Å². The second-order valence-corrected chi connectivity index (χ2v) is 7.60. The minimum atomic E-state index is 0.843. The van der Waals surface area contributed by atoms with E-state index in [0.29, 0.717) is 0 Å². The van der Waals surface area contributed by atoms with Gasteiger partial charge in [0, 0.05) is 0 Å². The lowest BCUT2D eigenvalue weighted by molar-refractivity contribution is 0.304. The third kappa shape index (κ3) is 8.74. The second-order valence-electron chi connectivity index (χ2n) is 7.60. The molecule has 0 amide bonds. The van der Waals surface area contributed by atoms with Crippen LogP contribution < -0.4 is 4.74 Å². The normalized spacial score (nSPS) is 11.1. The van der Waals surface area contributed by atoms with Crippen LogP contribution in [-0.4, -0.2) is 6.61 Å². The molecule has 0 atom stereocenters. The van der Waals surface area contributed by atoms with Crippen molar-refractivity contribution in [1.82, 2.24) is 0 Å². The smallest absolute Gasteiger partial charge is 0.119 e. The average molecular weight is 355 g/mol. The number of benzene rings is 2. The van der Waals surface area contributed by atoms with Gasteiger partial charge < -0.3 is 4.74 Å². The minimum Gasteiger partial charge on any atom is -0.494 e. The van der Waals surface area contributed by atoms with E-state index in [-0.39, 0.29) is 0 Å². The topological polar surface area (TPSA) is 9.23 Å². The molecule has 0 radical (unpaired) electrons. The number of rotatable bonds is 15. The zero-order valence-electron chi connectivity index (χ0n) is 16.8. The summed E-state index contributed by atoms with van der Waals surface area (Å²) in [4.78, 5) is 0. The van der Waals surface area contributed by atoms with Crippen molar-refractivity contribution in [2.24, 2.45) is 0 Å². The summed E-state index contributed by atoms with van der Waals surface area (Å²) in [5, 5.41) is 2.54. The SMILES string of the molecule is CCCCCCCCCCCCCCCOc1ccc2ccccc2c1. The van der Waals surface area contributed by atoms with Crippen LogP contribution in [0.25, 0.3) is 10.8 Å². The number of unbranched alkanes of at least 4 members (excludes halogenated alkanes) is 12. The molecule has 1 heteroatoms. The summed E-state index contributed by atoms with van der Waals surface area (Å²) in [6.07, 6.45) is 18.1. The van der Waals surface area contributed by atoms with Crippen LogP contribution in [0.15, 0.2) is 42.5 Å². The van der Waals surface area contributed by atoms with Gasteiger partial charge in [-0.05, 0) is 29.3 Å². The summed E-state index contributed by atoms with van der Waals surface area (Å²) in [7, 11) is 0. The van der Waals surface area contributed by atoms with Gasteiger partial charge in [-0.15, -0.1) is 0 Å². The van der Waals surface area contributed by atoms with Gasteiger partial charge in [-0.2, -0.15) is 0 Å². The van der Waals surface area contributed by atoms with Crippen molar-refractivity contribution in [2.45, 2.75) is 90.4 Å². The van der Waals surface area contributed by atoms with Gasteiger partial charge >= 0.3 is 0 Å². The van der Waals surface area contributed by atoms with E-state index in [0.717, 1.165) is 12.4 Å². The van der Waals surface area contributed by atoms with Crippen LogP contribution in [0.2, 0.25) is 0 Å². The molecule has 0 aliphatic carbocycles. The highest BCUT2D eigenvalue weighted by Gasteiger charge is 1.98. The molecule has 0 heterocycles. The molecule has 0 saturated heterocycles. The Morgan fingerprint density at radius 2 is 1.12 bits per heavy atom. The van der Waals surface area contributed by atoms with Crippen LogP contribution in [0.1, 0.15) is 90.4 Å². The van der Waals surface area contributed by atoms with E-state index in [1.165, 1.54) is 94.2 Å². The van der Waals surface area contributed by atoms with Gasteiger partial charge in [-0.1, -0.05) is 114 Å². The van der Waals surface area contributed by atoms with Crippen LogP contribution in [0.5, 0.6) is 5.75 Å². The summed E-state index contributed by atoms with van der Waals surface area (Å²) >= 11 is 0. The van der Waals surface area contributed by atoms with Crippen LogP contribution in [0.4, 0.5) is 0 Å². The van der Waals surface area contributed by atoms with Crippen molar-refractivity contribution in [3.63, 3.8) is 0 Å². The highest BCUT2D eigenvalue weighted by molar-refractivity contribution is 5.83. The van der Waals surface area contributed by atoms with Crippen LogP contribution in [-0.2, 0) is 0 Å². The first kappa shape index (κ1) is 20.8. The Balaban J connectivity index is 1.40. The van der Waals surface area contributed by atoms with Gasteiger partial charge in [0.1, 0.15) is 5.75 Å². The Morgan fingerprint density at radius 3 is 1.73 bits per heavy atom. The highest BCUT2D eigenvalue weighted by Crippen LogP contribution is 2.21. The van der Waals surface area contributed by atoms with Crippen LogP contribution in [0, 0.1) is 0 Å².